The number of fused-ring (bicyclic) bond motifs is 1. The topological polar surface area (TPSA) is 107 Å². The van der Waals surface area contributed by atoms with Crippen molar-refractivity contribution in [2.75, 3.05) is 10.6 Å². The monoisotopic (exact) mass is 535 g/mol. The number of carbonyl (C=O) groups is 1. The molecule has 9 nitrogen and oxygen atoms in total. The highest BCUT2D eigenvalue weighted by molar-refractivity contribution is 6.31. The van der Waals surface area contributed by atoms with Gasteiger partial charge in [-0.25, -0.2) is 23.4 Å². The number of aromatic nitrogens is 5. The zero-order chi connectivity index (χ0) is 26.6. The molecule has 0 bridgehead atoms. The number of ether oxygens (including phenoxy) is 1. The molecular formula is C26H20ClF2N7O2. The summed E-state index contributed by atoms with van der Waals surface area (Å²) in [6.45, 7) is 1.78. The van der Waals surface area contributed by atoms with Crippen LogP contribution in [0.3, 0.4) is 0 Å². The van der Waals surface area contributed by atoms with Gasteiger partial charge < -0.3 is 15.4 Å². The van der Waals surface area contributed by atoms with E-state index in [1.165, 1.54) is 41.3 Å². The van der Waals surface area contributed by atoms with Gasteiger partial charge in [0.25, 0.3) is 0 Å². The Morgan fingerprint density at radius 3 is 2.66 bits per heavy atom. The lowest BCUT2D eigenvalue weighted by molar-refractivity contribution is -0.115. The van der Waals surface area contributed by atoms with Gasteiger partial charge in [0.1, 0.15) is 41.8 Å². The summed E-state index contributed by atoms with van der Waals surface area (Å²) in [5.41, 5.74) is 2.63. The Kier molecular flexibility index (Phi) is 7.09. The minimum Gasteiger partial charge on any atom is -0.485 e. The Morgan fingerprint density at radius 2 is 1.89 bits per heavy atom. The first-order valence-electron chi connectivity index (χ1n) is 11.5. The smallest absolute Gasteiger partial charge is 0.224 e. The normalized spacial score (nSPS) is 10.9. The van der Waals surface area contributed by atoms with Crippen LogP contribution in [0.25, 0.3) is 16.6 Å². The molecule has 0 unspecified atom stereocenters. The maximum absolute atomic E-state index is 13.6. The van der Waals surface area contributed by atoms with Gasteiger partial charge in [0.05, 0.1) is 28.1 Å². The second-order valence-corrected chi connectivity index (χ2v) is 8.57. The Balaban J connectivity index is 1.43. The van der Waals surface area contributed by atoms with E-state index >= 15 is 0 Å². The first-order valence-corrected chi connectivity index (χ1v) is 11.9. The van der Waals surface area contributed by atoms with E-state index in [1.807, 2.05) is 0 Å². The van der Waals surface area contributed by atoms with Crippen LogP contribution in [0.15, 0.2) is 67.1 Å². The molecule has 0 saturated carbocycles. The van der Waals surface area contributed by atoms with Crippen molar-refractivity contribution in [2.24, 2.45) is 0 Å². The third-order valence-electron chi connectivity index (χ3n) is 5.52. The van der Waals surface area contributed by atoms with Gasteiger partial charge in [0.2, 0.25) is 5.91 Å². The quantitative estimate of drug-likeness (QED) is 0.258. The summed E-state index contributed by atoms with van der Waals surface area (Å²) in [6.07, 6.45) is 3.29. The Bertz CT molecular complexity index is 1630. The van der Waals surface area contributed by atoms with Gasteiger partial charge in [0, 0.05) is 23.6 Å². The average Bonchev–Trinajstić information content (AvgIpc) is 3.39. The van der Waals surface area contributed by atoms with Crippen LogP contribution in [0.4, 0.5) is 26.0 Å². The van der Waals surface area contributed by atoms with Crippen molar-refractivity contribution >= 4 is 45.6 Å². The van der Waals surface area contributed by atoms with Crippen LogP contribution in [-0.4, -0.2) is 30.9 Å². The molecule has 5 rings (SSSR count). The number of anilines is 3. The fourth-order valence-corrected chi connectivity index (χ4v) is 3.77. The highest BCUT2D eigenvalue weighted by atomic mass is 35.5. The van der Waals surface area contributed by atoms with Gasteiger partial charge in [0.15, 0.2) is 0 Å². The van der Waals surface area contributed by atoms with E-state index in [-0.39, 0.29) is 29.8 Å². The van der Waals surface area contributed by atoms with E-state index in [2.05, 4.69) is 30.9 Å². The van der Waals surface area contributed by atoms with Gasteiger partial charge in [-0.1, -0.05) is 23.7 Å². The van der Waals surface area contributed by atoms with E-state index in [0.29, 0.717) is 45.2 Å². The van der Waals surface area contributed by atoms with E-state index < -0.39 is 5.82 Å². The van der Waals surface area contributed by atoms with Crippen LogP contribution in [0.1, 0.15) is 19.0 Å². The van der Waals surface area contributed by atoms with E-state index in [4.69, 9.17) is 16.3 Å². The molecule has 0 aliphatic heterocycles. The van der Waals surface area contributed by atoms with Gasteiger partial charge in [-0.2, -0.15) is 0 Å². The highest BCUT2D eigenvalue weighted by Gasteiger charge is 2.15. The van der Waals surface area contributed by atoms with Crippen molar-refractivity contribution in [1.29, 1.82) is 0 Å². The summed E-state index contributed by atoms with van der Waals surface area (Å²) >= 11 is 5.91. The standard InChI is InChI=1S/C26H20ClF2N7O2/c1-2-25(37)33-23-10-19-22(30-14-31-26(19)32-16-5-8-21(29)20(27)9-16)11-24(23)38-13-17-12-36(35-34-17)18-6-3-15(28)4-7-18/h3-12,14H,2,13H2,1H3,(H,33,37)(H,30,31,32). The molecule has 0 atom stereocenters. The number of nitrogens with one attached hydrogen (secondary N) is 2. The van der Waals surface area contributed by atoms with Crippen molar-refractivity contribution in [3.63, 3.8) is 0 Å². The SMILES string of the molecule is CCC(=O)Nc1cc2c(Nc3ccc(F)c(Cl)c3)ncnc2cc1OCc1cn(-c2ccc(F)cc2)nn1. The van der Waals surface area contributed by atoms with Crippen LogP contribution in [0.2, 0.25) is 5.02 Å². The first-order chi connectivity index (χ1) is 18.4. The van der Waals surface area contributed by atoms with Gasteiger partial charge >= 0.3 is 0 Å². The fourth-order valence-electron chi connectivity index (χ4n) is 3.59. The molecule has 0 aliphatic rings. The summed E-state index contributed by atoms with van der Waals surface area (Å²) in [5.74, 6) is -0.301. The first kappa shape index (κ1) is 25.0. The number of rotatable bonds is 8. The second kappa shape index (κ2) is 10.8. The van der Waals surface area contributed by atoms with E-state index in [9.17, 15) is 13.6 Å². The van der Waals surface area contributed by atoms with Crippen LogP contribution >= 0.6 is 11.6 Å². The summed E-state index contributed by atoms with van der Waals surface area (Å²) < 4.78 is 34.3. The lowest BCUT2D eigenvalue weighted by Crippen LogP contribution is -2.11. The van der Waals surface area contributed by atoms with Crippen LogP contribution in [0.5, 0.6) is 5.75 Å². The van der Waals surface area contributed by atoms with Crippen molar-refractivity contribution in [3.8, 4) is 11.4 Å². The maximum atomic E-state index is 13.6. The Hall–Kier alpha value is -4.64. The molecule has 3 aromatic carbocycles. The summed E-state index contributed by atoms with van der Waals surface area (Å²) in [6, 6.07) is 13.4. The third kappa shape index (κ3) is 5.52. The molecule has 12 heteroatoms. The molecule has 38 heavy (non-hydrogen) atoms. The van der Waals surface area contributed by atoms with Crippen molar-refractivity contribution in [2.45, 2.75) is 20.0 Å². The van der Waals surface area contributed by atoms with E-state index in [1.54, 1.807) is 37.4 Å². The number of benzene rings is 3. The minimum absolute atomic E-state index is 0.0312. The molecule has 5 aromatic rings. The number of hydrogen-bond acceptors (Lipinski definition) is 7. The molecule has 192 valence electrons. The van der Waals surface area contributed by atoms with Crippen LogP contribution < -0.4 is 15.4 Å². The minimum atomic E-state index is -0.534. The molecule has 0 saturated heterocycles. The van der Waals surface area contributed by atoms with Crippen molar-refractivity contribution < 1.29 is 18.3 Å². The van der Waals surface area contributed by atoms with Crippen molar-refractivity contribution in [1.82, 2.24) is 25.0 Å². The summed E-state index contributed by atoms with van der Waals surface area (Å²) in [5, 5.41) is 14.7. The number of hydrogen-bond donors (Lipinski definition) is 2. The lowest BCUT2D eigenvalue weighted by atomic mass is 10.1. The molecule has 0 fully saturated rings. The van der Waals surface area contributed by atoms with Crippen LogP contribution in [-0.2, 0) is 11.4 Å². The Morgan fingerprint density at radius 1 is 1.08 bits per heavy atom. The summed E-state index contributed by atoms with van der Waals surface area (Å²) in [7, 11) is 0. The highest BCUT2D eigenvalue weighted by Crippen LogP contribution is 2.34. The van der Waals surface area contributed by atoms with Gasteiger partial charge in [-0.3, -0.25) is 4.79 Å². The van der Waals surface area contributed by atoms with E-state index in [0.717, 1.165) is 0 Å². The van der Waals surface area contributed by atoms with Crippen LogP contribution in [0, 0.1) is 11.6 Å². The number of nitrogens with zero attached hydrogens (tertiary/aromatic N) is 5. The molecule has 2 heterocycles. The number of halogens is 3. The van der Waals surface area contributed by atoms with Crippen molar-refractivity contribution in [3.05, 3.63) is 89.5 Å². The van der Waals surface area contributed by atoms with Gasteiger partial charge in [-0.05, 0) is 48.5 Å². The molecule has 0 spiro atoms. The zero-order valence-corrected chi connectivity index (χ0v) is 20.7. The summed E-state index contributed by atoms with van der Waals surface area (Å²) in [4.78, 5) is 20.9. The molecule has 0 radical (unpaired) electrons. The average molecular weight is 536 g/mol. The molecule has 1 amide bonds. The molecule has 2 aromatic heterocycles. The lowest BCUT2D eigenvalue weighted by Gasteiger charge is -2.15. The molecule has 2 N–H and O–H groups in total. The van der Waals surface area contributed by atoms with Gasteiger partial charge in [-0.15, -0.1) is 5.10 Å². The predicted octanol–water partition coefficient (Wildman–Crippen LogP) is 5.81. The number of amides is 1. The molecular weight excluding hydrogens is 516 g/mol. The Labute approximate surface area is 220 Å². The largest absolute Gasteiger partial charge is 0.485 e. The fraction of sp³-hybridized carbons (Fsp3) is 0.115. The number of carbonyl (C=O) groups excluding carboxylic acids is 1. The zero-order valence-electron chi connectivity index (χ0n) is 20.0. The maximum Gasteiger partial charge on any atom is 0.224 e. The predicted molar refractivity (Wildman–Crippen MR) is 139 cm³/mol. The third-order valence-corrected chi connectivity index (χ3v) is 5.81. The second-order valence-electron chi connectivity index (χ2n) is 8.16. The molecule has 0 aliphatic carbocycles.